The first-order valence-electron chi connectivity index (χ1n) is 6.61. The van der Waals surface area contributed by atoms with Crippen molar-refractivity contribution in [1.82, 2.24) is 10.4 Å². The van der Waals surface area contributed by atoms with Crippen molar-refractivity contribution in [2.45, 2.75) is 6.92 Å². The zero-order valence-corrected chi connectivity index (χ0v) is 12.5. The Morgan fingerprint density at radius 3 is 2.74 bits per heavy atom. The Morgan fingerprint density at radius 1 is 1.35 bits per heavy atom. The minimum absolute atomic E-state index is 0.157. The zero-order chi connectivity index (χ0) is 16.8. The highest BCUT2D eigenvalue weighted by molar-refractivity contribution is 6.01. The molecule has 0 radical (unpaired) electrons. The van der Waals surface area contributed by atoms with Gasteiger partial charge in [0.2, 0.25) is 0 Å². The van der Waals surface area contributed by atoms with Gasteiger partial charge in [-0.15, -0.1) is 0 Å². The van der Waals surface area contributed by atoms with Gasteiger partial charge in [-0.25, -0.2) is 5.43 Å². The van der Waals surface area contributed by atoms with E-state index >= 15 is 0 Å². The van der Waals surface area contributed by atoms with Crippen molar-refractivity contribution in [1.29, 1.82) is 0 Å². The van der Waals surface area contributed by atoms with Gasteiger partial charge < -0.3 is 4.74 Å². The first-order chi connectivity index (χ1) is 11.0. The number of aromatic nitrogens is 1. The zero-order valence-electron chi connectivity index (χ0n) is 12.5. The fourth-order valence-electron chi connectivity index (χ4n) is 1.81. The number of hydrazone groups is 1. The summed E-state index contributed by atoms with van der Waals surface area (Å²) in [7, 11) is 1.36. The van der Waals surface area contributed by atoms with Crippen molar-refractivity contribution in [3.05, 3.63) is 64.0 Å². The largest absolute Gasteiger partial charge is 0.490 e. The molecular weight excluding hydrogens is 300 g/mol. The van der Waals surface area contributed by atoms with E-state index in [-0.39, 0.29) is 17.1 Å². The molecule has 0 aliphatic carbocycles. The summed E-state index contributed by atoms with van der Waals surface area (Å²) >= 11 is 0. The highest BCUT2D eigenvalue weighted by atomic mass is 16.6. The maximum Gasteiger partial charge on any atom is 0.311 e. The minimum atomic E-state index is -0.540. The molecule has 0 unspecified atom stereocenters. The lowest BCUT2D eigenvalue weighted by Gasteiger charge is -2.05. The Balaban J connectivity index is 2.20. The maximum absolute atomic E-state index is 11.8. The summed E-state index contributed by atoms with van der Waals surface area (Å²) in [5, 5.41) is 15.0. The van der Waals surface area contributed by atoms with E-state index in [1.165, 1.54) is 25.4 Å². The van der Waals surface area contributed by atoms with Crippen LogP contribution in [0.3, 0.4) is 0 Å². The summed E-state index contributed by atoms with van der Waals surface area (Å²) in [6.07, 6.45) is 1.50. The highest BCUT2D eigenvalue weighted by Gasteiger charge is 2.16. The van der Waals surface area contributed by atoms with E-state index in [4.69, 9.17) is 4.74 Å². The number of nitrogens with one attached hydrogen (secondary N) is 1. The SMILES string of the molecule is COc1ccc(C(C)=NNC(=O)c2ccccn2)cc1[N+](=O)[O-]. The molecule has 8 heteroatoms. The van der Waals surface area contributed by atoms with Crippen LogP contribution in [0.2, 0.25) is 0 Å². The van der Waals surface area contributed by atoms with Crippen molar-refractivity contribution in [2.75, 3.05) is 7.11 Å². The van der Waals surface area contributed by atoms with E-state index in [2.05, 4.69) is 15.5 Å². The van der Waals surface area contributed by atoms with E-state index in [0.717, 1.165) is 0 Å². The normalized spacial score (nSPS) is 11.0. The van der Waals surface area contributed by atoms with Gasteiger partial charge in [0.05, 0.1) is 17.7 Å². The molecule has 0 fully saturated rings. The lowest BCUT2D eigenvalue weighted by molar-refractivity contribution is -0.385. The molecule has 8 nitrogen and oxygen atoms in total. The number of hydrogen-bond acceptors (Lipinski definition) is 6. The molecule has 1 heterocycles. The number of ether oxygens (including phenoxy) is 1. The molecule has 1 aromatic carbocycles. The third-order valence-corrected chi connectivity index (χ3v) is 3.02. The predicted molar refractivity (Wildman–Crippen MR) is 83.6 cm³/mol. The van der Waals surface area contributed by atoms with Gasteiger partial charge in [-0.1, -0.05) is 6.07 Å². The molecule has 0 spiro atoms. The number of hydrogen-bond donors (Lipinski definition) is 1. The van der Waals surface area contributed by atoms with Crippen LogP contribution in [0.15, 0.2) is 47.7 Å². The fourth-order valence-corrected chi connectivity index (χ4v) is 1.81. The van der Waals surface area contributed by atoms with Gasteiger partial charge >= 0.3 is 5.69 Å². The number of carbonyl (C=O) groups is 1. The van der Waals surface area contributed by atoms with Gasteiger partial charge in [0.15, 0.2) is 5.75 Å². The van der Waals surface area contributed by atoms with Crippen LogP contribution < -0.4 is 10.2 Å². The average molecular weight is 314 g/mol. The van der Waals surface area contributed by atoms with Gasteiger partial charge in [0.25, 0.3) is 5.91 Å². The van der Waals surface area contributed by atoms with Crippen LogP contribution in [0.1, 0.15) is 23.0 Å². The van der Waals surface area contributed by atoms with Crippen LogP contribution in [-0.2, 0) is 0 Å². The summed E-state index contributed by atoms with van der Waals surface area (Å²) in [4.78, 5) is 26.2. The van der Waals surface area contributed by atoms with Gasteiger partial charge in [-0.2, -0.15) is 5.10 Å². The molecule has 0 bridgehead atoms. The molecule has 1 aromatic heterocycles. The van der Waals surface area contributed by atoms with E-state index in [9.17, 15) is 14.9 Å². The molecule has 0 saturated heterocycles. The molecular formula is C15H14N4O4. The topological polar surface area (TPSA) is 107 Å². The number of benzene rings is 1. The molecule has 1 N–H and O–H groups in total. The Bertz CT molecular complexity index is 759. The summed E-state index contributed by atoms with van der Waals surface area (Å²) in [5.74, 6) is -0.308. The average Bonchev–Trinajstić information content (AvgIpc) is 2.59. The van der Waals surface area contributed by atoms with Crippen LogP contribution in [-0.4, -0.2) is 28.6 Å². The van der Waals surface area contributed by atoms with E-state index in [1.807, 2.05) is 0 Å². The molecule has 2 aromatic rings. The van der Waals surface area contributed by atoms with Crippen molar-refractivity contribution < 1.29 is 14.5 Å². The van der Waals surface area contributed by atoms with Crippen LogP contribution >= 0.6 is 0 Å². The quantitative estimate of drug-likeness (QED) is 0.517. The third-order valence-electron chi connectivity index (χ3n) is 3.02. The Kier molecular flexibility index (Phi) is 4.98. The molecule has 0 saturated carbocycles. The van der Waals surface area contributed by atoms with E-state index < -0.39 is 10.8 Å². The first-order valence-corrected chi connectivity index (χ1v) is 6.61. The molecule has 0 aliphatic heterocycles. The number of rotatable bonds is 5. The number of nitro groups is 1. The number of methoxy groups -OCH3 is 1. The molecule has 1 amide bonds. The fraction of sp³-hybridized carbons (Fsp3) is 0.133. The van der Waals surface area contributed by atoms with Crippen LogP contribution in [0.5, 0.6) is 5.75 Å². The van der Waals surface area contributed by atoms with Gasteiger partial charge in [-0.05, 0) is 31.2 Å². The minimum Gasteiger partial charge on any atom is -0.490 e. The summed E-state index contributed by atoms with van der Waals surface area (Å²) < 4.78 is 4.94. The number of carbonyl (C=O) groups excluding carboxylic acids is 1. The molecule has 23 heavy (non-hydrogen) atoms. The van der Waals surface area contributed by atoms with Gasteiger partial charge in [-0.3, -0.25) is 19.9 Å². The predicted octanol–water partition coefficient (Wildman–Crippen LogP) is 2.15. The Morgan fingerprint density at radius 2 is 2.13 bits per heavy atom. The van der Waals surface area contributed by atoms with E-state index in [0.29, 0.717) is 11.3 Å². The summed E-state index contributed by atoms with van der Waals surface area (Å²) in [5.41, 5.74) is 3.33. The number of nitrogens with zero attached hydrogens (tertiary/aromatic N) is 3. The monoisotopic (exact) mass is 314 g/mol. The molecule has 118 valence electrons. The van der Waals surface area contributed by atoms with Crippen molar-refractivity contribution in [2.24, 2.45) is 5.10 Å². The lowest BCUT2D eigenvalue weighted by atomic mass is 10.1. The lowest BCUT2D eigenvalue weighted by Crippen LogP contribution is -2.20. The van der Waals surface area contributed by atoms with Crippen molar-refractivity contribution in [3.8, 4) is 5.75 Å². The number of amides is 1. The number of pyridine rings is 1. The summed E-state index contributed by atoms with van der Waals surface area (Å²) in [6.45, 7) is 1.63. The summed E-state index contributed by atoms with van der Waals surface area (Å²) in [6, 6.07) is 9.38. The van der Waals surface area contributed by atoms with Gasteiger partial charge in [0, 0.05) is 17.8 Å². The van der Waals surface area contributed by atoms with Crippen molar-refractivity contribution in [3.63, 3.8) is 0 Å². The van der Waals surface area contributed by atoms with Crippen molar-refractivity contribution >= 4 is 17.3 Å². The smallest absolute Gasteiger partial charge is 0.311 e. The second-order valence-corrected chi connectivity index (χ2v) is 4.50. The molecule has 0 atom stereocenters. The first kappa shape index (κ1) is 16.1. The number of nitro benzene ring substituents is 1. The van der Waals surface area contributed by atoms with Gasteiger partial charge in [0.1, 0.15) is 5.69 Å². The van der Waals surface area contributed by atoms with Crippen LogP contribution in [0, 0.1) is 10.1 Å². The maximum atomic E-state index is 11.8. The Hall–Kier alpha value is -3.29. The Labute approximate surface area is 132 Å². The molecule has 0 aliphatic rings. The standard InChI is InChI=1S/C15H14N4O4/c1-10(17-18-15(20)12-5-3-4-8-16-12)11-6-7-14(23-2)13(9-11)19(21)22/h3-9H,1-2H3,(H,18,20). The third kappa shape index (κ3) is 3.88. The van der Waals surface area contributed by atoms with E-state index in [1.54, 1.807) is 31.2 Å². The van der Waals surface area contributed by atoms with Crippen LogP contribution in [0.4, 0.5) is 5.69 Å². The second kappa shape index (κ2) is 7.12. The van der Waals surface area contributed by atoms with Crippen LogP contribution in [0.25, 0.3) is 0 Å². The molecule has 2 rings (SSSR count). The second-order valence-electron chi connectivity index (χ2n) is 4.50. The highest BCUT2D eigenvalue weighted by Crippen LogP contribution is 2.27.